The average Bonchev–Trinajstić information content (AvgIpc) is 2.32. The molecule has 2 rings (SSSR count). The Morgan fingerprint density at radius 3 is 2.47 bits per heavy atom. The zero-order chi connectivity index (χ0) is 12.3. The maximum absolute atomic E-state index is 6.20. The first-order valence-corrected chi connectivity index (χ1v) is 6.86. The zero-order valence-corrected chi connectivity index (χ0v) is 12.1. The van der Waals surface area contributed by atoms with Gasteiger partial charge in [-0.1, -0.05) is 35.9 Å². The molecule has 2 aromatic rings. The maximum atomic E-state index is 6.20. The van der Waals surface area contributed by atoms with E-state index in [0.29, 0.717) is 0 Å². The number of hydrogen-bond acceptors (Lipinski definition) is 1. The third kappa shape index (κ3) is 3.69. The lowest BCUT2D eigenvalue weighted by Gasteiger charge is -2.12. The van der Waals surface area contributed by atoms with Crippen LogP contribution in [0.3, 0.4) is 0 Å². The molecule has 0 amide bonds. The minimum absolute atomic E-state index is 0.0332. The van der Waals surface area contributed by atoms with E-state index in [1.807, 2.05) is 30.3 Å². The summed E-state index contributed by atoms with van der Waals surface area (Å²) in [5.41, 5.74) is 8.58. The van der Waals surface area contributed by atoms with E-state index < -0.39 is 0 Å². The fraction of sp³-hybridized carbons (Fsp3) is 0.143. The second kappa shape index (κ2) is 5.85. The van der Waals surface area contributed by atoms with Gasteiger partial charge in [0.2, 0.25) is 0 Å². The molecule has 0 radical (unpaired) electrons. The van der Waals surface area contributed by atoms with Crippen molar-refractivity contribution in [3.05, 3.63) is 68.3 Å². The van der Waals surface area contributed by atoms with Crippen LogP contribution in [0.15, 0.2) is 48.5 Å². The normalized spacial score (nSPS) is 12.4. The smallest absolute Gasteiger partial charge is 0.0406 e. The Kier molecular flexibility index (Phi) is 4.42. The van der Waals surface area contributed by atoms with Gasteiger partial charge in [0.05, 0.1) is 0 Å². The SMILES string of the molecule is NC(Cc1ccc(Cl)cc1)c1cccc(I)c1. The van der Waals surface area contributed by atoms with Crippen molar-refractivity contribution < 1.29 is 0 Å². The Balaban J connectivity index is 2.11. The van der Waals surface area contributed by atoms with E-state index in [1.54, 1.807) is 0 Å². The van der Waals surface area contributed by atoms with Crippen LogP contribution >= 0.6 is 34.2 Å². The summed E-state index contributed by atoms with van der Waals surface area (Å²) < 4.78 is 1.21. The highest BCUT2D eigenvalue weighted by atomic mass is 127. The summed E-state index contributed by atoms with van der Waals surface area (Å²) in [6.45, 7) is 0. The monoisotopic (exact) mass is 357 g/mol. The molecule has 0 saturated heterocycles. The second-order valence-corrected chi connectivity index (χ2v) is 5.67. The number of nitrogens with two attached hydrogens (primary N) is 1. The Morgan fingerprint density at radius 1 is 1.12 bits per heavy atom. The number of rotatable bonds is 3. The van der Waals surface area contributed by atoms with Crippen molar-refractivity contribution in [3.8, 4) is 0 Å². The first-order valence-electron chi connectivity index (χ1n) is 5.40. The lowest BCUT2D eigenvalue weighted by Crippen LogP contribution is -2.13. The Hall–Kier alpha value is -0.580. The van der Waals surface area contributed by atoms with Crippen LogP contribution in [0, 0.1) is 3.57 Å². The number of halogens is 2. The lowest BCUT2D eigenvalue weighted by molar-refractivity contribution is 0.721. The third-order valence-corrected chi connectivity index (χ3v) is 3.57. The molecule has 17 heavy (non-hydrogen) atoms. The summed E-state index contributed by atoms with van der Waals surface area (Å²) >= 11 is 8.15. The Labute approximate surface area is 120 Å². The largest absolute Gasteiger partial charge is 0.324 e. The fourth-order valence-corrected chi connectivity index (χ4v) is 2.42. The van der Waals surface area contributed by atoms with Crippen molar-refractivity contribution in [2.75, 3.05) is 0 Å². The summed E-state index contributed by atoms with van der Waals surface area (Å²) in [5.74, 6) is 0. The highest BCUT2D eigenvalue weighted by molar-refractivity contribution is 14.1. The van der Waals surface area contributed by atoms with Gasteiger partial charge in [0, 0.05) is 14.6 Å². The Bertz CT molecular complexity index is 496. The molecular weight excluding hydrogens is 345 g/mol. The quantitative estimate of drug-likeness (QED) is 0.819. The standard InChI is InChI=1S/C14H13ClIN/c15-12-6-4-10(5-7-12)8-14(17)11-2-1-3-13(16)9-11/h1-7,9,14H,8,17H2. The summed E-state index contributed by atoms with van der Waals surface area (Å²) in [4.78, 5) is 0. The molecule has 3 heteroatoms. The van der Waals surface area contributed by atoms with E-state index in [4.69, 9.17) is 17.3 Å². The molecule has 0 heterocycles. The van der Waals surface area contributed by atoms with Crippen molar-refractivity contribution in [1.29, 1.82) is 0 Å². The van der Waals surface area contributed by atoms with Crippen molar-refractivity contribution in [1.82, 2.24) is 0 Å². The van der Waals surface area contributed by atoms with E-state index in [9.17, 15) is 0 Å². The van der Waals surface area contributed by atoms with Gasteiger partial charge in [-0.25, -0.2) is 0 Å². The summed E-state index contributed by atoms with van der Waals surface area (Å²) in [6.07, 6.45) is 0.831. The summed E-state index contributed by atoms with van der Waals surface area (Å²) in [5, 5.41) is 0.761. The van der Waals surface area contributed by atoms with Crippen molar-refractivity contribution in [2.45, 2.75) is 12.5 Å². The second-order valence-electron chi connectivity index (χ2n) is 3.99. The molecular formula is C14H13ClIN. The summed E-state index contributed by atoms with van der Waals surface area (Å²) in [6, 6.07) is 16.2. The van der Waals surface area contributed by atoms with E-state index >= 15 is 0 Å². The van der Waals surface area contributed by atoms with E-state index in [-0.39, 0.29) is 6.04 Å². The zero-order valence-electron chi connectivity index (χ0n) is 9.24. The molecule has 1 unspecified atom stereocenters. The molecule has 1 nitrogen and oxygen atoms in total. The minimum Gasteiger partial charge on any atom is -0.324 e. The lowest BCUT2D eigenvalue weighted by atomic mass is 10.00. The van der Waals surface area contributed by atoms with Crippen molar-refractivity contribution in [2.24, 2.45) is 5.73 Å². The average molecular weight is 358 g/mol. The highest BCUT2D eigenvalue weighted by Gasteiger charge is 2.07. The topological polar surface area (TPSA) is 26.0 Å². The molecule has 2 aromatic carbocycles. The molecule has 0 bridgehead atoms. The predicted molar refractivity (Wildman–Crippen MR) is 81.2 cm³/mol. The van der Waals surface area contributed by atoms with Crippen LogP contribution in [-0.2, 0) is 6.42 Å². The van der Waals surface area contributed by atoms with Crippen LogP contribution < -0.4 is 5.73 Å². The number of hydrogen-bond donors (Lipinski definition) is 1. The minimum atomic E-state index is 0.0332. The molecule has 0 aromatic heterocycles. The highest BCUT2D eigenvalue weighted by Crippen LogP contribution is 2.19. The van der Waals surface area contributed by atoms with Crippen LogP contribution in [0.25, 0.3) is 0 Å². The molecule has 0 aliphatic carbocycles. The first kappa shape index (κ1) is 12.9. The molecule has 0 fully saturated rings. The molecule has 0 saturated carbocycles. The molecule has 88 valence electrons. The predicted octanol–water partition coefficient (Wildman–Crippen LogP) is 4.19. The van der Waals surface area contributed by atoms with E-state index in [0.717, 1.165) is 11.4 Å². The molecule has 2 N–H and O–H groups in total. The fourth-order valence-electron chi connectivity index (χ4n) is 1.73. The van der Waals surface area contributed by atoms with Gasteiger partial charge in [0.25, 0.3) is 0 Å². The van der Waals surface area contributed by atoms with Gasteiger partial charge in [-0.05, 0) is 64.4 Å². The van der Waals surface area contributed by atoms with Crippen molar-refractivity contribution >= 4 is 34.2 Å². The van der Waals surface area contributed by atoms with Crippen molar-refractivity contribution in [3.63, 3.8) is 0 Å². The number of benzene rings is 2. The van der Waals surface area contributed by atoms with E-state index in [2.05, 4.69) is 40.8 Å². The van der Waals surface area contributed by atoms with Gasteiger partial charge < -0.3 is 5.73 Å². The Morgan fingerprint density at radius 2 is 1.82 bits per heavy atom. The van der Waals surface area contributed by atoms with Gasteiger partial charge in [-0.2, -0.15) is 0 Å². The summed E-state index contributed by atoms with van der Waals surface area (Å²) in [7, 11) is 0. The van der Waals surface area contributed by atoms with Gasteiger partial charge in [-0.15, -0.1) is 0 Å². The maximum Gasteiger partial charge on any atom is 0.0406 e. The van der Waals surface area contributed by atoms with Gasteiger partial charge in [0.1, 0.15) is 0 Å². The third-order valence-electron chi connectivity index (χ3n) is 2.65. The van der Waals surface area contributed by atoms with Crippen LogP contribution in [0.2, 0.25) is 5.02 Å². The van der Waals surface area contributed by atoms with Crippen LogP contribution in [0.1, 0.15) is 17.2 Å². The van der Waals surface area contributed by atoms with Crippen LogP contribution in [0.4, 0.5) is 0 Å². The first-order chi connectivity index (χ1) is 8.15. The van der Waals surface area contributed by atoms with Gasteiger partial charge >= 0.3 is 0 Å². The van der Waals surface area contributed by atoms with E-state index in [1.165, 1.54) is 14.7 Å². The van der Waals surface area contributed by atoms with Crippen LogP contribution in [-0.4, -0.2) is 0 Å². The van der Waals surface area contributed by atoms with Gasteiger partial charge in [-0.3, -0.25) is 0 Å². The molecule has 0 aliphatic rings. The molecule has 0 spiro atoms. The van der Waals surface area contributed by atoms with Gasteiger partial charge in [0.15, 0.2) is 0 Å². The van der Waals surface area contributed by atoms with Crippen LogP contribution in [0.5, 0.6) is 0 Å². The molecule has 0 aliphatic heterocycles. The molecule has 1 atom stereocenters.